The second kappa shape index (κ2) is 9.34. The van der Waals surface area contributed by atoms with Gasteiger partial charge >= 0.3 is 0 Å². The molecule has 0 radical (unpaired) electrons. The van der Waals surface area contributed by atoms with E-state index >= 15 is 0 Å². The van der Waals surface area contributed by atoms with Gasteiger partial charge in [-0.05, 0) is 50.6 Å². The van der Waals surface area contributed by atoms with Crippen molar-refractivity contribution in [3.63, 3.8) is 0 Å². The lowest BCUT2D eigenvalue weighted by atomic mass is 9.94. The van der Waals surface area contributed by atoms with Crippen molar-refractivity contribution in [3.05, 3.63) is 35.4 Å². The minimum Gasteiger partial charge on any atom is -0.352 e. The zero-order valence-corrected chi connectivity index (χ0v) is 16.1. The number of hydrogen-bond donors (Lipinski definition) is 1. The molecule has 0 bridgehead atoms. The van der Waals surface area contributed by atoms with E-state index in [0.717, 1.165) is 13.0 Å². The summed E-state index contributed by atoms with van der Waals surface area (Å²) in [5, 5.41) is 2.93. The SMILES string of the molecule is CN(CCCNC(=O)c1cccc(CS(C)(=O)=O)c1)C1CCCCC1. The average Bonchev–Trinajstić information content (AvgIpc) is 2.58. The number of carbonyl (C=O) groups is 1. The molecule has 0 unspecified atom stereocenters. The summed E-state index contributed by atoms with van der Waals surface area (Å²) in [6.45, 7) is 1.62. The van der Waals surface area contributed by atoms with E-state index in [1.807, 2.05) is 0 Å². The van der Waals surface area contributed by atoms with Crippen LogP contribution in [0.4, 0.5) is 0 Å². The number of hydrogen-bond acceptors (Lipinski definition) is 4. The Hall–Kier alpha value is -1.40. The molecule has 25 heavy (non-hydrogen) atoms. The average molecular weight is 367 g/mol. The number of nitrogens with zero attached hydrogens (tertiary/aromatic N) is 1. The van der Waals surface area contributed by atoms with Crippen LogP contribution < -0.4 is 5.32 Å². The summed E-state index contributed by atoms with van der Waals surface area (Å²) in [5.41, 5.74) is 1.16. The molecule has 1 fully saturated rings. The van der Waals surface area contributed by atoms with Crippen molar-refractivity contribution in [1.29, 1.82) is 0 Å². The lowest BCUT2D eigenvalue weighted by molar-refractivity contribution is 0.0950. The molecule has 1 N–H and O–H groups in total. The van der Waals surface area contributed by atoms with Crippen LogP contribution >= 0.6 is 0 Å². The minimum absolute atomic E-state index is 0.0414. The van der Waals surface area contributed by atoms with Gasteiger partial charge in [0.15, 0.2) is 9.84 Å². The number of benzene rings is 1. The number of sulfone groups is 1. The van der Waals surface area contributed by atoms with Gasteiger partial charge in [-0.3, -0.25) is 4.79 Å². The molecule has 1 amide bonds. The van der Waals surface area contributed by atoms with Crippen molar-refractivity contribution < 1.29 is 13.2 Å². The van der Waals surface area contributed by atoms with Crippen molar-refractivity contribution in [2.75, 3.05) is 26.4 Å². The van der Waals surface area contributed by atoms with Gasteiger partial charge in [-0.25, -0.2) is 8.42 Å². The lowest BCUT2D eigenvalue weighted by Gasteiger charge is -2.31. The van der Waals surface area contributed by atoms with Crippen LogP contribution in [0.5, 0.6) is 0 Å². The largest absolute Gasteiger partial charge is 0.352 e. The predicted molar refractivity (Wildman–Crippen MR) is 101 cm³/mol. The van der Waals surface area contributed by atoms with Crippen molar-refractivity contribution in [2.45, 2.75) is 50.3 Å². The third kappa shape index (κ3) is 7.16. The second-order valence-electron chi connectivity index (χ2n) is 7.15. The Labute approximate surface area is 151 Å². The van der Waals surface area contributed by atoms with E-state index in [4.69, 9.17) is 0 Å². The first kappa shape index (κ1) is 19.9. The second-order valence-corrected chi connectivity index (χ2v) is 9.29. The van der Waals surface area contributed by atoms with Crippen LogP contribution in [0.25, 0.3) is 0 Å². The highest BCUT2D eigenvalue weighted by Crippen LogP contribution is 2.21. The Morgan fingerprint density at radius 3 is 2.64 bits per heavy atom. The Bertz CT molecular complexity index is 667. The topological polar surface area (TPSA) is 66.5 Å². The first-order chi connectivity index (χ1) is 11.8. The van der Waals surface area contributed by atoms with E-state index < -0.39 is 9.84 Å². The molecule has 1 aromatic carbocycles. The Balaban J connectivity index is 1.75. The Morgan fingerprint density at radius 1 is 1.24 bits per heavy atom. The maximum absolute atomic E-state index is 12.2. The van der Waals surface area contributed by atoms with Gasteiger partial charge in [0.2, 0.25) is 0 Å². The van der Waals surface area contributed by atoms with Crippen molar-refractivity contribution in [2.24, 2.45) is 0 Å². The summed E-state index contributed by atoms with van der Waals surface area (Å²) < 4.78 is 22.8. The predicted octanol–water partition coefficient (Wildman–Crippen LogP) is 2.62. The summed E-state index contributed by atoms with van der Waals surface area (Å²) in [4.78, 5) is 14.6. The summed E-state index contributed by atoms with van der Waals surface area (Å²) in [6.07, 6.45) is 8.71. The third-order valence-electron chi connectivity index (χ3n) is 4.79. The molecule has 1 aliphatic carbocycles. The van der Waals surface area contributed by atoms with Crippen LogP contribution in [-0.4, -0.2) is 51.7 Å². The van der Waals surface area contributed by atoms with E-state index in [1.165, 1.54) is 38.4 Å². The molecule has 0 aliphatic heterocycles. The molecular weight excluding hydrogens is 336 g/mol. The Kier molecular flexibility index (Phi) is 7.44. The van der Waals surface area contributed by atoms with Crippen molar-refractivity contribution in [3.8, 4) is 0 Å². The molecular formula is C19H30N2O3S. The molecule has 0 spiro atoms. The normalized spacial score (nSPS) is 16.1. The maximum atomic E-state index is 12.2. The van der Waals surface area contributed by atoms with Gasteiger partial charge in [-0.15, -0.1) is 0 Å². The van der Waals surface area contributed by atoms with Crippen molar-refractivity contribution in [1.82, 2.24) is 10.2 Å². The van der Waals surface area contributed by atoms with Crippen LogP contribution in [0.1, 0.15) is 54.4 Å². The molecule has 1 aliphatic rings. The highest BCUT2D eigenvalue weighted by Gasteiger charge is 2.17. The van der Waals surface area contributed by atoms with Crippen LogP contribution in [-0.2, 0) is 15.6 Å². The fraction of sp³-hybridized carbons (Fsp3) is 0.632. The molecule has 6 heteroatoms. The van der Waals surface area contributed by atoms with E-state index in [0.29, 0.717) is 23.7 Å². The zero-order valence-electron chi connectivity index (χ0n) is 15.3. The quantitative estimate of drug-likeness (QED) is 0.718. The van der Waals surface area contributed by atoms with Gasteiger partial charge in [0.1, 0.15) is 0 Å². The van der Waals surface area contributed by atoms with Gasteiger partial charge < -0.3 is 10.2 Å². The summed E-state index contributed by atoms with van der Waals surface area (Å²) in [6, 6.07) is 7.53. The third-order valence-corrected chi connectivity index (χ3v) is 5.65. The first-order valence-electron chi connectivity index (χ1n) is 9.10. The van der Waals surface area contributed by atoms with Gasteiger partial charge in [-0.1, -0.05) is 31.4 Å². The molecule has 5 nitrogen and oxygen atoms in total. The fourth-order valence-electron chi connectivity index (χ4n) is 3.44. The van der Waals surface area contributed by atoms with E-state index in [9.17, 15) is 13.2 Å². The number of carbonyl (C=O) groups excluding carboxylic acids is 1. The van der Waals surface area contributed by atoms with Gasteiger partial charge in [0.05, 0.1) is 5.75 Å². The zero-order chi connectivity index (χ0) is 18.3. The van der Waals surface area contributed by atoms with Gasteiger partial charge in [-0.2, -0.15) is 0 Å². The smallest absolute Gasteiger partial charge is 0.251 e. The van der Waals surface area contributed by atoms with Crippen LogP contribution in [0.2, 0.25) is 0 Å². The first-order valence-corrected chi connectivity index (χ1v) is 11.2. The highest BCUT2D eigenvalue weighted by molar-refractivity contribution is 7.89. The number of amides is 1. The van der Waals surface area contributed by atoms with E-state index in [1.54, 1.807) is 24.3 Å². The summed E-state index contributed by atoms with van der Waals surface area (Å²) >= 11 is 0. The standard InChI is InChI=1S/C19H30N2O3S/c1-21(18-10-4-3-5-11-18)13-7-12-20-19(22)17-9-6-8-16(14-17)15-25(2,23)24/h6,8-9,14,18H,3-5,7,10-13,15H2,1-2H3,(H,20,22). The fourth-order valence-corrected chi connectivity index (χ4v) is 4.23. The highest BCUT2D eigenvalue weighted by atomic mass is 32.2. The molecule has 140 valence electrons. The molecule has 0 aromatic heterocycles. The number of rotatable bonds is 8. The van der Waals surface area contributed by atoms with Gasteiger partial charge in [0.25, 0.3) is 5.91 Å². The van der Waals surface area contributed by atoms with E-state index in [2.05, 4.69) is 17.3 Å². The van der Waals surface area contributed by atoms with E-state index in [-0.39, 0.29) is 11.7 Å². The van der Waals surface area contributed by atoms with Crippen molar-refractivity contribution >= 4 is 15.7 Å². The van der Waals surface area contributed by atoms with Crippen LogP contribution in [0.15, 0.2) is 24.3 Å². The summed E-state index contributed by atoms with van der Waals surface area (Å²) in [7, 11) is -0.925. The summed E-state index contributed by atoms with van der Waals surface area (Å²) in [5.74, 6) is -0.184. The molecule has 1 saturated carbocycles. The minimum atomic E-state index is -3.10. The maximum Gasteiger partial charge on any atom is 0.251 e. The molecule has 0 saturated heterocycles. The molecule has 0 heterocycles. The van der Waals surface area contributed by atoms with Crippen LogP contribution in [0.3, 0.4) is 0 Å². The van der Waals surface area contributed by atoms with Crippen LogP contribution in [0, 0.1) is 0 Å². The molecule has 2 rings (SSSR count). The number of nitrogens with one attached hydrogen (secondary N) is 1. The molecule has 0 atom stereocenters. The van der Waals surface area contributed by atoms with Gasteiger partial charge in [0, 0.05) is 24.4 Å². The lowest BCUT2D eigenvalue weighted by Crippen LogP contribution is -2.35. The monoisotopic (exact) mass is 366 g/mol. The molecule has 1 aromatic rings. The Morgan fingerprint density at radius 2 is 1.96 bits per heavy atom.